The molecular weight excluding hydrogens is 317 g/mol. The van der Waals surface area contributed by atoms with E-state index in [9.17, 15) is 12.8 Å². The van der Waals surface area contributed by atoms with Crippen molar-refractivity contribution in [2.75, 3.05) is 6.54 Å². The van der Waals surface area contributed by atoms with Gasteiger partial charge in [0.05, 0.1) is 6.61 Å². The first-order chi connectivity index (χ1) is 9.72. The molecular formula is C14H19ClFNO3S. The van der Waals surface area contributed by atoms with Gasteiger partial charge in [0.25, 0.3) is 0 Å². The molecule has 1 aliphatic carbocycles. The summed E-state index contributed by atoms with van der Waals surface area (Å²) in [6, 6.07) is 2.28. The van der Waals surface area contributed by atoms with Crippen molar-refractivity contribution in [1.29, 1.82) is 0 Å². The zero-order valence-corrected chi connectivity index (χ0v) is 13.6. The monoisotopic (exact) mass is 335 g/mol. The molecule has 2 N–H and O–H groups in total. The molecule has 118 valence electrons. The van der Waals surface area contributed by atoms with Crippen molar-refractivity contribution < 1.29 is 17.9 Å². The second-order valence-electron chi connectivity index (χ2n) is 5.88. The molecule has 0 atom stereocenters. The van der Waals surface area contributed by atoms with Crippen LogP contribution in [-0.4, -0.2) is 20.1 Å². The quantitative estimate of drug-likeness (QED) is 0.840. The first-order valence-corrected chi connectivity index (χ1v) is 8.66. The fourth-order valence-corrected chi connectivity index (χ4v) is 3.95. The Balaban J connectivity index is 2.26. The summed E-state index contributed by atoms with van der Waals surface area (Å²) in [4.78, 5) is -0.515. The lowest BCUT2D eigenvalue weighted by Crippen LogP contribution is -2.33. The van der Waals surface area contributed by atoms with Gasteiger partial charge in [0, 0.05) is 17.1 Å². The Kier molecular flexibility index (Phi) is 4.63. The molecule has 21 heavy (non-hydrogen) atoms. The van der Waals surface area contributed by atoms with E-state index in [-0.39, 0.29) is 22.5 Å². The molecule has 0 amide bonds. The van der Waals surface area contributed by atoms with Crippen LogP contribution in [0.25, 0.3) is 0 Å². The van der Waals surface area contributed by atoms with Crippen molar-refractivity contribution in [3.8, 4) is 0 Å². The van der Waals surface area contributed by atoms with Gasteiger partial charge in [-0.25, -0.2) is 17.5 Å². The number of aliphatic hydroxyl groups is 1. The molecule has 0 heterocycles. The van der Waals surface area contributed by atoms with Gasteiger partial charge < -0.3 is 5.11 Å². The fourth-order valence-electron chi connectivity index (χ4n) is 2.36. The van der Waals surface area contributed by atoms with Crippen molar-refractivity contribution in [1.82, 2.24) is 4.72 Å². The zero-order chi connectivity index (χ0) is 15.8. The van der Waals surface area contributed by atoms with Gasteiger partial charge in [-0.2, -0.15) is 0 Å². The van der Waals surface area contributed by atoms with Crippen LogP contribution in [-0.2, 0) is 16.6 Å². The number of rotatable bonds is 6. The molecule has 0 spiro atoms. The number of nitrogens with one attached hydrogen (secondary N) is 1. The average Bonchev–Trinajstić information content (AvgIpc) is 3.20. The van der Waals surface area contributed by atoms with Gasteiger partial charge in [-0.3, -0.25) is 0 Å². The topological polar surface area (TPSA) is 66.4 Å². The van der Waals surface area contributed by atoms with E-state index in [1.807, 2.05) is 13.8 Å². The molecule has 1 aromatic rings. The molecule has 0 unspecified atom stereocenters. The van der Waals surface area contributed by atoms with Crippen molar-refractivity contribution in [3.63, 3.8) is 0 Å². The largest absolute Gasteiger partial charge is 0.392 e. The molecule has 1 aromatic carbocycles. The van der Waals surface area contributed by atoms with E-state index in [1.54, 1.807) is 0 Å². The van der Waals surface area contributed by atoms with Crippen LogP contribution in [0.5, 0.6) is 0 Å². The Labute approximate surface area is 129 Å². The number of hydrogen-bond donors (Lipinski definition) is 2. The molecule has 2 rings (SSSR count). The summed E-state index contributed by atoms with van der Waals surface area (Å²) < 4.78 is 41.1. The number of benzene rings is 1. The third kappa shape index (κ3) is 3.39. The SMILES string of the molecule is CC(C)C1(CNS(=O)(=O)c2cc(Cl)cc(CO)c2F)CC1. The van der Waals surface area contributed by atoms with Crippen LogP contribution in [0.15, 0.2) is 17.0 Å². The van der Waals surface area contributed by atoms with E-state index in [0.717, 1.165) is 18.9 Å². The molecule has 1 aliphatic rings. The van der Waals surface area contributed by atoms with Crippen molar-refractivity contribution in [3.05, 3.63) is 28.5 Å². The van der Waals surface area contributed by atoms with Crippen molar-refractivity contribution in [2.45, 2.75) is 38.2 Å². The second-order valence-corrected chi connectivity index (χ2v) is 8.05. The first kappa shape index (κ1) is 16.7. The second kappa shape index (κ2) is 5.83. The number of aliphatic hydroxyl groups excluding tert-OH is 1. The maximum absolute atomic E-state index is 14.1. The van der Waals surface area contributed by atoms with Gasteiger partial charge in [-0.05, 0) is 36.3 Å². The van der Waals surface area contributed by atoms with Crippen LogP contribution in [0, 0.1) is 17.2 Å². The summed E-state index contributed by atoms with van der Waals surface area (Å²) in [5.74, 6) is -0.596. The Morgan fingerprint density at radius 1 is 1.43 bits per heavy atom. The van der Waals surface area contributed by atoms with Gasteiger partial charge in [-0.15, -0.1) is 0 Å². The van der Waals surface area contributed by atoms with E-state index in [1.165, 1.54) is 6.07 Å². The molecule has 7 heteroatoms. The van der Waals surface area contributed by atoms with Crippen LogP contribution < -0.4 is 4.72 Å². The lowest BCUT2D eigenvalue weighted by molar-refractivity contribution is 0.274. The maximum atomic E-state index is 14.1. The van der Waals surface area contributed by atoms with Crippen LogP contribution >= 0.6 is 11.6 Å². The summed E-state index contributed by atoms with van der Waals surface area (Å²) in [7, 11) is -3.99. The van der Waals surface area contributed by atoms with Gasteiger partial charge in [-0.1, -0.05) is 25.4 Å². The molecule has 0 aromatic heterocycles. The maximum Gasteiger partial charge on any atom is 0.243 e. The molecule has 4 nitrogen and oxygen atoms in total. The summed E-state index contributed by atoms with van der Waals surface area (Å²) >= 11 is 5.79. The van der Waals surface area contributed by atoms with Crippen molar-refractivity contribution in [2.24, 2.45) is 11.3 Å². The highest BCUT2D eigenvalue weighted by Gasteiger charge is 2.45. The molecule has 1 fully saturated rings. The third-order valence-electron chi connectivity index (χ3n) is 4.27. The summed E-state index contributed by atoms with van der Waals surface area (Å²) in [5.41, 5.74) is -0.157. The van der Waals surface area contributed by atoms with E-state index >= 15 is 0 Å². The number of halogens is 2. The highest BCUT2D eigenvalue weighted by Crippen LogP contribution is 2.51. The van der Waals surface area contributed by atoms with E-state index in [2.05, 4.69) is 4.72 Å². The molecule has 0 radical (unpaired) electrons. The lowest BCUT2D eigenvalue weighted by atomic mass is 9.93. The Hall–Kier alpha value is -0.690. The molecule has 0 saturated heterocycles. The molecule has 1 saturated carbocycles. The minimum absolute atomic E-state index is 0.0259. The van der Waals surface area contributed by atoms with Crippen LogP contribution in [0.1, 0.15) is 32.3 Å². The number of sulfonamides is 1. The van der Waals surface area contributed by atoms with E-state index < -0.39 is 27.3 Å². The summed E-state index contributed by atoms with van der Waals surface area (Å²) in [5, 5.41) is 9.14. The van der Waals surface area contributed by atoms with Gasteiger partial charge in [0.2, 0.25) is 10.0 Å². The van der Waals surface area contributed by atoms with Gasteiger partial charge in [0.1, 0.15) is 10.7 Å². The lowest BCUT2D eigenvalue weighted by Gasteiger charge is -2.20. The highest BCUT2D eigenvalue weighted by molar-refractivity contribution is 7.89. The van der Waals surface area contributed by atoms with Crippen molar-refractivity contribution >= 4 is 21.6 Å². The van der Waals surface area contributed by atoms with Gasteiger partial charge in [0.15, 0.2) is 0 Å². The normalized spacial score (nSPS) is 17.2. The predicted molar refractivity (Wildman–Crippen MR) is 79.0 cm³/mol. The fraction of sp³-hybridized carbons (Fsp3) is 0.571. The zero-order valence-electron chi connectivity index (χ0n) is 12.0. The van der Waals surface area contributed by atoms with E-state index in [4.69, 9.17) is 16.7 Å². The van der Waals surface area contributed by atoms with Crippen LogP contribution in [0.4, 0.5) is 4.39 Å². The minimum Gasteiger partial charge on any atom is -0.392 e. The standard InChI is InChI=1S/C14H19ClFNO3S/c1-9(2)14(3-4-14)8-17-21(19,20)12-6-11(15)5-10(7-18)13(12)16/h5-6,9,17-18H,3-4,7-8H2,1-2H3. The molecule has 0 aliphatic heterocycles. The van der Waals surface area contributed by atoms with Crippen LogP contribution in [0.2, 0.25) is 5.02 Å². The third-order valence-corrected chi connectivity index (χ3v) is 5.89. The highest BCUT2D eigenvalue weighted by atomic mass is 35.5. The van der Waals surface area contributed by atoms with Crippen LogP contribution in [0.3, 0.4) is 0 Å². The summed E-state index contributed by atoms with van der Waals surface area (Å²) in [6.07, 6.45) is 1.93. The Morgan fingerprint density at radius 2 is 2.05 bits per heavy atom. The molecule has 0 bridgehead atoms. The smallest absolute Gasteiger partial charge is 0.243 e. The Morgan fingerprint density at radius 3 is 2.52 bits per heavy atom. The minimum atomic E-state index is -3.99. The summed E-state index contributed by atoms with van der Waals surface area (Å²) in [6.45, 7) is 3.77. The van der Waals surface area contributed by atoms with Gasteiger partial charge >= 0.3 is 0 Å². The average molecular weight is 336 g/mol. The number of hydrogen-bond acceptors (Lipinski definition) is 3. The predicted octanol–water partition coefficient (Wildman–Crippen LogP) is 2.69. The van der Waals surface area contributed by atoms with E-state index in [0.29, 0.717) is 5.92 Å². The first-order valence-electron chi connectivity index (χ1n) is 6.80. The Bertz CT molecular complexity index is 642.